The van der Waals surface area contributed by atoms with Crippen LogP contribution in [0.3, 0.4) is 0 Å². The Bertz CT molecular complexity index is 2100. The highest BCUT2D eigenvalue weighted by Crippen LogP contribution is 2.38. The molecule has 390 valence electrons. The third-order valence-electron chi connectivity index (χ3n) is 13.2. The van der Waals surface area contributed by atoms with E-state index in [-0.39, 0.29) is 12.5 Å². The van der Waals surface area contributed by atoms with Gasteiger partial charge in [-0.25, -0.2) is 0 Å². The normalized spacial score (nSPS) is 13.8. The molecule has 0 bridgehead atoms. The zero-order chi connectivity index (χ0) is 52.4. The van der Waals surface area contributed by atoms with Gasteiger partial charge < -0.3 is 19.3 Å². The molecule has 0 aliphatic rings. The molecule has 0 aliphatic heterocycles. The van der Waals surface area contributed by atoms with Gasteiger partial charge in [-0.3, -0.25) is 9.59 Å². The van der Waals surface area contributed by atoms with E-state index in [1.54, 1.807) is 13.8 Å². The Morgan fingerprint density at radius 1 is 0.414 bits per heavy atom. The SMILES string of the molecule is COCOC(=O)CC(=O)Oc1c(C)c(C)c(O)c(C/C=C(\C)CC/C=C(\C)CC/C=C(\C)CC/C=C(\C)CC/C=C(\C)CC/C=C(\C)CC/C=C(\C)CC/C=C(\C)CC/C=C(\C)CCC=C(C)C)c1C. The number of ether oxygens (including phenoxy) is 3. The lowest BCUT2D eigenvalue weighted by Crippen LogP contribution is -2.18. The maximum atomic E-state index is 12.5. The number of hydrogen-bond donors (Lipinski definition) is 1. The number of hydrogen-bond acceptors (Lipinski definition) is 6. The number of carbonyl (C=O) groups is 2. The lowest BCUT2D eigenvalue weighted by molar-refractivity contribution is -0.158. The van der Waals surface area contributed by atoms with Crippen LogP contribution in [0.2, 0.25) is 0 Å². The minimum absolute atomic E-state index is 0.206. The zero-order valence-electron chi connectivity index (χ0n) is 47.1. The highest BCUT2D eigenvalue weighted by Gasteiger charge is 2.21. The summed E-state index contributed by atoms with van der Waals surface area (Å²) in [5.74, 6) is -0.858. The van der Waals surface area contributed by atoms with Gasteiger partial charge in [0.15, 0.2) is 6.79 Å². The molecule has 1 aromatic carbocycles. The molecule has 0 radical (unpaired) electrons. The van der Waals surface area contributed by atoms with E-state index in [1.165, 1.54) is 75.7 Å². The van der Waals surface area contributed by atoms with Crippen LogP contribution in [0, 0.1) is 20.8 Å². The molecule has 0 unspecified atom stereocenters. The average Bonchev–Trinajstić information content (AvgIpc) is 3.28. The fourth-order valence-electron chi connectivity index (χ4n) is 8.17. The highest BCUT2D eigenvalue weighted by atomic mass is 16.7. The Hall–Kier alpha value is -4.68. The first-order chi connectivity index (χ1) is 33.2. The second-order valence-electron chi connectivity index (χ2n) is 20.4. The van der Waals surface area contributed by atoms with Crippen LogP contribution in [0.1, 0.15) is 220 Å². The first-order valence-electron chi connectivity index (χ1n) is 26.4. The van der Waals surface area contributed by atoms with Crippen molar-refractivity contribution in [3.05, 3.63) is 139 Å². The number of rotatable bonds is 34. The van der Waals surface area contributed by atoms with E-state index in [0.29, 0.717) is 34.4 Å². The Kier molecular flexibility index (Phi) is 33.6. The summed E-state index contributed by atoms with van der Waals surface area (Å²) in [6.07, 6.45) is 43.8. The van der Waals surface area contributed by atoms with Crippen LogP contribution in [0.15, 0.2) is 116 Å². The van der Waals surface area contributed by atoms with Crippen molar-refractivity contribution in [2.24, 2.45) is 0 Å². The molecule has 0 fully saturated rings. The number of carbonyl (C=O) groups excluding carboxylic acids is 2. The topological polar surface area (TPSA) is 82.1 Å². The summed E-state index contributed by atoms with van der Waals surface area (Å²) in [5, 5.41) is 11.0. The fraction of sp³-hybridized carbons (Fsp3) is 0.562. The van der Waals surface area contributed by atoms with Crippen molar-refractivity contribution in [3.8, 4) is 11.5 Å². The summed E-state index contributed by atoms with van der Waals surface area (Å²) in [4.78, 5) is 24.4. The largest absolute Gasteiger partial charge is 0.507 e. The minimum Gasteiger partial charge on any atom is -0.507 e. The molecule has 0 saturated heterocycles. The first-order valence-corrected chi connectivity index (χ1v) is 26.4. The predicted octanol–water partition coefficient (Wildman–Crippen LogP) is 18.8. The Labute approximate surface area is 428 Å². The highest BCUT2D eigenvalue weighted by molar-refractivity contribution is 5.92. The van der Waals surface area contributed by atoms with Crippen LogP contribution in [0.5, 0.6) is 11.5 Å². The van der Waals surface area contributed by atoms with E-state index < -0.39 is 18.4 Å². The summed E-state index contributed by atoms with van der Waals surface area (Å²) < 4.78 is 15.1. The van der Waals surface area contributed by atoms with Crippen LogP contribution in [-0.2, 0) is 25.5 Å². The van der Waals surface area contributed by atoms with Crippen molar-refractivity contribution in [1.29, 1.82) is 0 Å². The maximum absolute atomic E-state index is 12.5. The average molecular weight is 963 g/mol. The molecule has 0 aliphatic carbocycles. The third kappa shape index (κ3) is 30.1. The van der Waals surface area contributed by atoms with Gasteiger partial charge >= 0.3 is 11.9 Å². The Balaban J connectivity index is 2.40. The number of allylic oxidation sites excluding steroid dienone is 20. The van der Waals surface area contributed by atoms with E-state index in [1.807, 2.05) is 6.92 Å². The molecule has 0 heterocycles. The summed E-state index contributed by atoms with van der Waals surface area (Å²) in [7, 11) is 1.40. The number of phenols is 1. The standard InChI is InChI=1S/C64H98O6/c1-47(2)25-16-26-48(3)27-17-28-49(4)29-18-30-50(5)31-19-32-51(6)33-20-34-52(7)35-21-36-53(8)37-22-38-54(9)39-23-40-55(10)41-24-42-56(11)43-44-60-59(14)64(58(13)57(12)63(60)67)70-62(66)45-61(65)69-46-68-15/h25,27,29,31,33,35,37,39,41,43,67H,16-24,26,28,30,32,34,36,38,40,42,44-46H2,1-15H3/b48-27+,49-29+,50-31+,51-33+,52-35+,53-37+,54-39+,55-41+,56-43+. The molecule has 1 aromatic rings. The van der Waals surface area contributed by atoms with E-state index in [0.717, 1.165) is 103 Å². The third-order valence-corrected chi connectivity index (χ3v) is 13.2. The smallest absolute Gasteiger partial charge is 0.322 e. The van der Waals surface area contributed by atoms with E-state index in [9.17, 15) is 14.7 Å². The van der Waals surface area contributed by atoms with Crippen LogP contribution in [0.4, 0.5) is 0 Å². The van der Waals surface area contributed by atoms with E-state index in [2.05, 4.69) is 137 Å². The number of methoxy groups -OCH3 is 1. The van der Waals surface area contributed by atoms with Crippen molar-refractivity contribution in [3.63, 3.8) is 0 Å². The Morgan fingerprint density at radius 3 is 1.01 bits per heavy atom. The quantitative estimate of drug-likeness (QED) is 0.0244. The van der Waals surface area contributed by atoms with Gasteiger partial charge in [0.2, 0.25) is 0 Å². The molecule has 6 nitrogen and oxygen atoms in total. The molecular formula is C64H98O6. The van der Waals surface area contributed by atoms with E-state index >= 15 is 0 Å². The lowest BCUT2D eigenvalue weighted by Gasteiger charge is -2.18. The number of phenolic OH excluding ortho intramolecular Hbond substituents is 1. The summed E-state index contributed by atoms with van der Waals surface area (Å²) >= 11 is 0. The molecule has 0 amide bonds. The molecule has 1 rings (SSSR count). The number of esters is 2. The molecule has 0 spiro atoms. The van der Waals surface area contributed by atoms with Crippen LogP contribution in [-0.4, -0.2) is 30.9 Å². The minimum atomic E-state index is -0.721. The maximum Gasteiger partial charge on any atom is 0.322 e. The molecule has 0 saturated carbocycles. The summed E-state index contributed by atoms with van der Waals surface area (Å²) in [5.41, 5.74) is 17.3. The van der Waals surface area contributed by atoms with Crippen LogP contribution >= 0.6 is 0 Å². The molecular weight excluding hydrogens is 865 g/mol. The number of benzene rings is 1. The molecule has 1 N–H and O–H groups in total. The van der Waals surface area contributed by atoms with Gasteiger partial charge in [-0.05, 0) is 236 Å². The zero-order valence-corrected chi connectivity index (χ0v) is 47.1. The van der Waals surface area contributed by atoms with Gasteiger partial charge in [-0.1, -0.05) is 116 Å². The van der Waals surface area contributed by atoms with Gasteiger partial charge in [-0.15, -0.1) is 0 Å². The van der Waals surface area contributed by atoms with Gasteiger partial charge in [-0.2, -0.15) is 0 Å². The van der Waals surface area contributed by atoms with Gasteiger partial charge in [0.25, 0.3) is 0 Å². The van der Waals surface area contributed by atoms with E-state index in [4.69, 9.17) is 14.2 Å². The number of aromatic hydroxyl groups is 1. The summed E-state index contributed by atoms with van der Waals surface area (Å²) in [6.45, 7) is 29.9. The second-order valence-corrected chi connectivity index (χ2v) is 20.4. The molecule has 6 heteroatoms. The molecule has 70 heavy (non-hydrogen) atoms. The van der Waals surface area contributed by atoms with Gasteiger partial charge in [0.05, 0.1) is 0 Å². The van der Waals surface area contributed by atoms with Crippen LogP contribution < -0.4 is 4.74 Å². The molecule has 0 atom stereocenters. The predicted molar refractivity (Wildman–Crippen MR) is 301 cm³/mol. The van der Waals surface area contributed by atoms with Crippen molar-refractivity contribution in [2.75, 3.05) is 13.9 Å². The van der Waals surface area contributed by atoms with Crippen LogP contribution in [0.25, 0.3) is 0 Å². The van der Waals surface area contributed by atoms with Gasteiger partial charge in [0.1, 0.15) is 17.9 Å². The lowest BCUT2D eigenvalue weighted by atomic mass is 9.94. The fourth-order valence-corrected chi connectivity index (χ4v) is 8.17. The van der Waals surface area contributed by atoms with Crippen molar-refractivity contribution >= 4 is 11.9 Å². The van der Waals surface area contributed by atoms with Crippen molar-refractivity contribution < 1.29 is 28.9 Å². The molecule has 0 aromatic heterocycles. The van der Waals surface area contributed by atoms with Crippen molar-refractivity contribution in [2.45, 2.75) is 225 Å². The second kappa shape index (κ2) is 37.1. The summed E-state index contributed by atoms with van der Waals surface area (Å²) in [6, 6.07) is 0. The monoisotopic (exact) mass is 963 g/mol. The van der Waals surface area contributed by atoms with Gasteiger partial charge in [0, 0.05) is 12.7 Å². The first kappa shape index (κ1) is 63.3. The Morgan fingerprint density at radius 2 is 0.714 bits per heavy atom. The van der Waals surface area contributed by atoms with Crippen molar-refractivity contribution in [1.82, 2.24) is 0 Å².